The summed E-state index contributed by atoms with van der Waals surface area (Å²) in [5.41, 5.74) is 1.28. The fourth-order valence-corrected chi connectivity index (χ4v) is 3.41. The predicted octanol–water partition coefficient (Wildman–Crippen LogP) is 2.14. The molecule has 1 saturated heterocycles. The van der Waals surface area contributed by atoms with Crippen molar-refractivity contribution < 1.29 is 17.9 Å². The zero-order valence-corrected chi connectivity index (χ0v) is 16.5. The second-order valence-corrected chi connectivity index (χ2v) is 9.79. The highest BCUT2D eigenvalue weighted by molar-refractivity contribution is 7.91. The first-order chi connectivity index (χ1) is 11.2. The zero-order valence-electron chi connectivity index (χ0n) is 14.9. The Bertz CT molecular complexity index is 680. The molecule has 1 aromatic rings. The molecule has 2 rings (SSSR count). The summed E-state index contributed by atoms with van der Waals surface area (Å²) >= 11 is 0. The van der Waals surface area contributed by atoms with E-state index >= 15 is 0 Å². The average Bonchev–Trinajstić information content (AvgIpc) is 2.46. The number of hydrogen-bond acceptors (Lipinski definition) is 5. The van der Waals surface area contributed by atoms with Gasteiger partial charge in [0, 0.05) is 24.7 Å². The van der Waals surface area contributed by atoms with Gasteiger partial charge in [0.15, 0.2) is 9.84 Å². The number of nitrogens with one attached hydrogen (secondary N) is 2. The number of carbonyl (C=O) groups is 1. The van der Waals surface area contributed by atoms with Gasteiger partial charge in [0.25, 0.3) is 0 Å². The first-order valence-electron chi connectivity index (χ1n) is 8.09. The molecule has 25 heavy (non-hydrogen) atoms. The highest BCUT2D eigenvalue weighted by Crippen LogP contribution is 2.22. The van der Waals surface area contributed by atoms with Crippen LogP contribution in [0, 0.1) is 0 Å². The van der Waals surface area contributed by atoms with Crippen LogP contribution in [-0.4, -0.2) is 44.9 Å². The Balaban J connectivity index is 0.00000312. The van der Waals surface area contributed by atoms with Crippen LogP contribution in [0.1, 0.15) is 32.8 Å². The van der Waals surface area contributed by atoms with Gasteiger partial charge in [-0.3, -0.25) is 4.79 Å². The summed E-state index contributed by atoms with van der Waals surface area (Å²) in [6, 6.07) is 7.01. The monoisotopic (exact) mass is 390 g/mol. The minimum absolute atomic E-state index is 0. The molecule has 1 aliphatic heterocycles. The van der Waals surface area contributed by atoms with Gasteiger partial charge in [0.2, 0.25) is 5.91 Å². The Hall–Kier alpha value is -1.15. The first-order valence-corrected chi connectivity index (χ1v) is 9.75. The van der Waals surface area contributed by atoms with Crippen LogP contribution >= 0.6 is 12.4 Å². The number of ether oxygens (including phenoxy) is 1. The normalized spacial score (nSPS) is 18.3. The molecule has 0 aromatic heterocycles. The van der Waals surface area contributed by atoms with Crippen LogP contribution in [0.4, 0.5) is 5.69 Å². The Morgan fingerprint density at radius 3 is 2.68 bits per heavy atom. The minimum atomic E-state index is -3.26. The largest absolute Gasteiger partial charge is 0.378 e. The van der Waals surface area contributed by atoms with E-state index in [9.17, 15) is 13.2 Å². The first kappa shape index (κ1) is 21.9. The molecule has 1 amide bonds. The molecule has 1 unspecified atom stereocenters. The highest BCUT2D eigenvalue weighted by atomic mass is 35.5. The molecule has 0 bridgehead atoms. The molecule has 1 aromatic carbocycles. The maximum Gasteiger partial charge on any atom is 0.226 e. The van der Waals surface area contributed by atoms with Crippen LogP contribution in [0.5, 0.6) is 0 Å². The average molecular weight is 391 g/mol. The third kappa shape index (κ3) is 6.58. The van der Waals surface area contributed by atoms with Gasteiger partial charge < -0.3 is 15.4 Å². The van der Waals surface area contributed by atoms with E-state index in [0.717, 1.165) is 6.54 Å². The SMILES string of the molecule is CC(C)(C)S(=O)(=O)Cc1cccc(NC(=O)CC2COCCN2)c1.Cl. The molecular weight excluding hydrogens is 364 g/mol. The Morgan fingerprint density at radius 2 is 2.08 bits per heavy atom. The smallest absolute Gasteiger partial charge is 0.226 e. The maximum atomic E-state index is 12.3. The molecule has 0 saturated carbocycles. The summed E-state index contributed by atoms with van der Waals surface area (Å²) in [7, 11) is -3.26. The summed E-state index contributed by atoms with van der Waals surface area (Å²) < 4.78 is 29.1. The fraction of sp³-hybridized carbons (Fsp3) is 0.588. The standard InChI is InChI=1S/C17H26N2O4S.ClH/c1-17(2,3)24(21,22)12-13-5-4-6-14(9-13)19-16(20)10-15-11-23-8-7-18-15;/h4-6,9,15,18H,7-8,10-12H2,1-3H3,(H,19,20);1H. The van der Waals surface area contributed by atoms with E-state index in [1.54, 1.807) is 45.0 Å². The molecule has 1 atom stereocenters. The molecule has 0 radical (unpaired) electrons. The van der Waals surface area contributed by atoms with Crippen molar-refractivity contribution in [2.75, 3.05) is 25.1 Å². The number of rotatable bonds is 5. The van der Waals surface area contributed by atoms with Gasteiger partial charge in [-0.25, -0.2) is 8.42 Å². The summed E-state index contributed by atoms with van der Waals surface area (Å²) in [5, 5.41) is 6.05. The van der Waals surface area contributed by atoms with Crippen molar-refractivity contribution in [1.82, 2.24) is 5.32 Å². The second kappa shape index (κ2) is 8.98. The number of halogens is 1. The van der Waals surface area contributed by atoms with E-state index in [0.29, 0.717) is 30.9 Å². The van der Waals surface area contributed by atoms with Gasteiger partial charge in [-0.15, -0.1) is 12.4 Å². The van der Waals surface area contributed by atoms with Crippen molar-refractivity contribution in [3.05, 3.63) is 29.8 Å². The molecule has 8 heteroatoms. The van der Waals surface area contributed by atoms with Crippen LogP contribution in [0.25, 0.3) is 0 Å². The van der Waals surface area contributed by atoms with Crippen molar-refractivity contribution in [2.24, 2.45) is 0 Å². The highest BCUT2D eigenvalue weighted by Gasteiger charge is 2.29. The van der Waals surface area contributed by atoms with Gasteiger partial charge in [-0.1, -0.05) is 12.1 Å². The number of amides is 1. The van der Waals surface area contributed by atoms with Crippen molar-refractivity contribution >= 4 is 33.8 Å². The van der Waals surface area contributed by atoms with Crippen LogP contribution in [0.2, 0.25) is 0 Å². The number of morpholine rings is 1. The predicted molar refractivity (Wildman–Crippen MR) is 102 cm³/mol. The van der Waals surface area contributed by atoms with Gasteiger partial charge in [-0.2, -0.15) is 0 Å². The van der Waals surface area contributed by atoms with Crippen molar-refractivity contribution in [3.8, 4) is 0 Å². The maximum absolute atomic E-state index is 12.3. The summed E-state index contributed by atoms with van der Waals surface area (Å²) in [5.74, 6) is -0.160. The molecule has 2 N–H and O–H groups in total. The van der Waals surface area contributed by atoms with E-state index in [-0.39, 0.29) is 30.1 Å². The topological polar surface area (TPSA) is 84.5 Å². The van der Waals surface area contributed by atoms with Crippen LogP contribution < -0.4 is 10.6 Å². The van der Waals surface area contributed by atoms with Crippen molar-refractivity contribution in [2.45, 2.75) is 43.7 Å². The minimum Gasteiger partial charge on any atom is -0.378 e. The van der Waals surface area contributed by atoms with E-state index in [2.05, 4.69) is 10.6 Å². The number of anilines is 1. The number of benzene rings is 1. The summed E-state index contributed by atoms with van der Waals surface area (Å²) in [4.78, 5) is 12.1. The lowest BCUT2D eigenvalue weighted by Crippen LogP contribution is -2.43. The van der Waals surface area contributed by atoms with Crippen LogP contribution in [0.15, 0.2) is 24.3 Å². The van der Waals surface area contributed by atoms with Gasteiger partial charge >= 0.3 is 0 Å². The molecule has 1 aliphatic rings. The lowest BCUT2D eigenvalue weighted by atomic mass is 10.1. The fourth-order valence-electron chi connectivity index (χ4n) is 2.36. The number of carbonyl (C=O) groups excluding carboxylic acids is 1. The molecule has 1 fully saturated rings. The second-order valence-electron chi connectivity index (χ2n) is 7.05. The molecule has 0 aliphatic carbocycles. The van der Waals surface area contributed by atoms with Gasteiger partial charge in [-0.05, 0) is 38.5 Å². The number of sulfone groups is 1. The van der Waals surface area contributed by atoms with Gasteiger partial charge in [0.1, 0.15) is 0 Å². The van der Waals surface area contributed by atoms with E-state index in [4.69, 9.17) is 4.74 Å². The quantitative estimate of drug-likeness (QED) is 0.804. The zero-order chi connectivity index (χ0) is 17.8. The van der Waals surface area contributed by atoms with E-state index < -0.39 is 14.6 Å². The van der Waals surface area contributed by atoms with E-state index in [1.165, 1.54) is 0 Å². The van der Waals surface area contributed by atoms with E-state index in [1.807, 2.05) is 0 Å². The summed E-state index contributed by atoms with van der Waals surface area (Å²) in [6.45, 7) is 7.01. The van der Waals surface area contributed by atoms with Crippen molar-refractivity contribution in [1.29, 1.82) is 0 Å². The lowest BCUT2D eigenvalue weighted by Gasteiger charge is -2.23. The molecule has 1 heterocycles. The van der Waals surface area contributed by atoms with Crippen LogP contribution in [-0.2, 0) is 25.1 Å². The van der Waals surface area contributed by atoms with Crippen LogP contribution in [0.3, 0.4) is 0 Å². The molecule has 0 spiro atoms. The molecular formula is C17H27ClN2O4S. The Labute approximate surface area is 156 Å². The summed E-state index contributed by atoms with van der Waals surface area (Å²) in [6.07, 6.45) is 0.324. The Kier molecular flexibility index (Phi) is 7.87. The lowest BCUT2D eigenvalue weighted by molar-refractivity contribution is -0.117. The number of hydrogen-bond donors (Lipinski definition) is 2. The molecule has 6 nitrogen and oxygen atoms in total. The third-order valence-electron chi connectivity index (χ3n) is 3.93. The van der Waals surface area contributed by atoms with Gasteiger partial charge in [0.05, 0.1) is 23.7 Å². The van der Waals surface area contributed by atoms with Crippen molar-refractivity contribution in [3.63, 3.8) is 0 Å². The third-order valence-corrected chi connectivity index (χ3v) is 6.51. The molecule has 142 valence electrons. The Morgan fingerprint density at radius 1 is 1.36 bits per heavy atom.